The number of nitrogens with zero attached hydrogens (tertiary/aromatic N) is 1. The molecule has 4 nitrogen and oxygen atoms in total. The van der Waals surface area contributed by atoms with E-state index in [4.69, 9.17) is 9.47 Å². The molecule has 0 atom stereocenters. The molecule has 1 heterocycles. The predicted octanol–water partition coefficient (Wildman–Crippen LogP) is 2.71. The fraction of sp³-hybridized carbons (Fsp3) is 0.571. The van der Waals surface area contributed by atoms with E-state index >= 15 is 0 Å². The minimum absolute atomic E-state index is 0.0766. The Hall–Kier alpha value is -1.58. The number of carbonyl (C=O) groups excluding carboxylic acids is 1. The van der Waals surface area contributed by atoms with Crippen molar-refractivity contribution in [2.75, 3.05) is 6.61 Å². The topological polar surface area (TPSA) is 48.4 Å². The first-order valence-corrected chi connectivity index (χ1v) is 6.17. The molecule has 0 aromatic carbocycles. The number of esters is 1. The Morgan fingerprint density at radius 3 is 2.61 bits per heavy atom. The van der Waals surface area contributed by atoms with E-state index in [0.717, 1.165) is 5.56 Å². The van der Waals surface area contributed by atoms with Gasteiger partial charge in [-0.2, -0.15) is 0 Å². The molecule has 0 spiro atoms. The van der Waals surface area contributed by atoms with E-state index in [1.807, 2.05) is 33.8 Å². The monoisotopic (exact) mass is 251 g/mol. The lowest BCUT2D eigenvalue weighted by molar-refractivity contribution is -0.148. The standard InChI is InChI=1S/C14H21NO3/c1-6-17-13(16)14(4,5)11-7-12(9-15-8-11)18-10(2)3/h7-10H,6H2,1-5H3. The number of hydrogen-bond donors (Lipinski definition) is 0. The van der Waals surface area contributed by atoms with Gasteiger partial charge in [-0.1, -0.05) is 0 Å². The molecule has 0 aliphatic rings. The van der Waals surface area contributed by atoms with Crippen LogP contribution in [0.25, 0.3) is 0 Å². The minimum Gasteiger partial charge on any atom is -0.489 e. The van der Waals surface area contributed by atoms with Gasteiger partial charge in [-0.3, -0.25) is 9.78 Å². The SMILES string of the molecule is CCOC(=O)C(C)(C)c1cncc(OC(C)C)c1. The molecule has 0 amide bonds. The second-order valence-corrected chi connectivity index (χ2v) is 4.92. The van der Waals surface area contributed by atoms with Crippen molar-refractivity contribution in [3.05, 3.63) is 24.0 Å². The Morgan fingerprint density at radius 2 is 2.06 bits per heavy atom. The normalized spacial score (nSPS) is 11.4. The summed E-state index contributed by atoms with van der Waals surface area (Å²) in [5.74, 6) is 0.411. The summed E-state index contributed by atoms with van der Waals surface area (Å²) in [5, 5.41) is 0. The number of carbonyl (C=O) groups is 1. The lowest BCUT2D eigenvalue weighted by atomic mass is 9.86. The first-order valence-electron chi connectivity index (χ1n) is 6.17. The smallest absolute Gasteiger partial charge is 0.316 e. The van der Waals surface area contributed by atoms with Crippen molar-refractivity contribution in [2.24, 2.45) is 0 Å². The summed E-state index contributed by atoms with van der Waals surface area (Å²) in [7, 11) is 0. The highest BCUT2D eigenvalue weighted by Crippen LogP contribution is 2.27. The molecule has 0 fully saturated rings. The third-order valence-electron chi connectivity index (χ3n) is 2.59. The summed E-state index contributed by atoms with van der Waals surface area (Å²) in [5.41, 5.74) is 0.0680. The van der Waals surface area contributed by atoms with E-state index in [2.05, 4.69) is 4.98 Å². The maximum Gasteiger partial charge on any atom is 0.316 e. The van der Waals surface area contributed by atoms with Gasteiger partial charge in [0, 0.05) is 6.20 Å². The number of ether oxygens (including phenoxy) is 2. The molecule has 1 rings (SSSR count). The molecule has 0 saturated heterocycles. The first-order chi connectivity index (χ1) is 8.37. The van der Waals surface area contributed by atoms with Crippen LogP contribution in [-0.2, 0) is 14.9 Å². The molecule has 1 aromatic rings. The van der Waals surface area contributed by atoms with Gasteiger partial charge in [0.1, 0.15) is 5.75 Å². The highest BCUT2D eigenvalue weighted by Gasteiger charge is 2.32. The van der Waals surface area contributed by atoms with E-state index in [1.165, 1.54) is 0 Å². The first kappa shape index (κ1) is 14.5. The summed E-state index contributed by atoms with van der Waals surface area (Å²) < 4.78 is 10.6. The molecule has 0 N–H and O–H groups in total. The Morgan fingerprint density at radius 1 is 1.39 bits per heavy atom. The van der Waals surface area contributed by atoms with Crippen molar-refractivity contribution in [1.82, 2.24) is 4.98 Å². The van der Waals surface area contributed by atoms with E-state index in [0.29, 0.717) is 12.4 Å². The zero-order chi connectivity index (χ0) is 13.8. The fourth-order valence-electron chi connectivity index (χ4n) is 1.53. The highest BCUT2D eigenvalue weighted by atomic mass is 16.5. The van der Waals surface area contributed by atoms with Crippen molar-refractivity contribution in [2.45, 2.75) is 46.1 Å². The van der Waals surface area contributed by atoms with Gasteiger partial charge in [0.05, 0.1) is 24.3 Å². The molecule has 100 valence electrons. The van der Waals surface area contributed by atoms with Gasteiger partial charge in [0.2, 0.25) is 0 Å². The van der Waals surface area contributed by atoms with Gasteiger partial charge in [-0.25, -0.2) is 0 Å². The third-order valence-corrected chi connectivity index (χ3v) is 2.59. The van der Waals surface area contributed by atoms with Crippen molar-refractivity contribution in [1.29, 1.82) is 0 Å². The van der Waals surface area contributed by atoms with Crippen LogP contribution in [-0.4, -0.2) is 23.7 Å². The lowest BCUT2D eigenvalue weighted by Gasteiger charge is -2.23. The maximum absolute atomic E-state index is 11.9. The van der Waals surface area contributed by atoms with Gasteiger partial charge < -0.3 is 9.47 Å². The Balaban J connectivity index is 2.97. The maximum atomic E-state index is 11.9. The molecule has 0 radical (unpaired) electrons. The van der Waals surface area contributed by atoms with Crippen molar-refractivity contribution in [3.63, 3.8) is 0 Å². The van der Waals surface area contributed by atoms with E-state index in [-0.39, 0.29) is 12.1 Å². The highest BCUT2D eigenvalue weighted by molar-refractivity contribution is 5.82. The molecule has 0 unspecified atom stereocenters. The minimum atomic E-state index is -0.723. The van der Waals surface area contributed by atoms with Crippen LogP contribution >= 0.6 is 0 Å². The average molecular weight is 251 g/mol. The molecular weight excluding hydrogens is 230 g/mol. The van der Waals surface area contributed by atoms with Gasteiger partial charge in [-0.05, 0) is 46.2 Å². The number of pyridine rings is 1. The van der Waals surface area contributed by atoms with Crippen LogP contribution < -0.4 is 4.74 Å². The largest absolute Gasteiger partial charge is 0.489 e. The van der Waals surface area contributed by atoms with Crippen LogP contribution in [0.15, 0.2) is 18.5 Å². The molecule has 0 bridgehead atoms. The molecule has 1 aromatic heterocycles. The third kappa shape index (κ3) is 3.45. The van der Waals surface area contributed by atoms with Gasteiger partial charge >= 0.3 is 5.97 Å². The summed E-state index contributed by atoms with van der Waals surface area (Å²) in [6.45, 7) is 9.71. The van der Waals surface area contributed by atoms with Crippen LogP contribution in [0.1, 0.15) is 40.2 Å². The number of rotatable bonds is 5. The van der Waals surface area contributed by atoms with Crippen molar-refractivity contribution >= 4 is 5.97 Å². The number of hydrogen-bond acceptors (Lipinski definition) is 4. The molecular formula is C14H21NO3. The Labute approximate surface area is 108 Å². The molecule has 0 aliphatic carbocycles. The summed E-state index contributed by atoms with van der Waals surface area (Å²) in [6, 6.07) is 1.84. The Kier molecular flexibility index (Phi) is 4.70. The zero-order valence-electron chi connectivity index (χ0n) is 11.7. The van der Waals surface area contributed by atoms with E-state index in [9.17, 15) is 4.79 Å². The van der Waals surface area contributed by atoms with Crippen LogP contribution in [0.4, 0.5) is 0 Å². The van der Waals surface area contributed by atoms with Crippen LogP contribution in [0.2, 0.25) is 0 Å². The second-order valence-electron chi connectivity index (χ2n) is 4.92. The van der Waals surface area contributed by atoms with Gasteiger partial charge in [0.15, 0.2) is 0 Å². The fourth-order valence-corrected chi connectivity index (χ4v) is 1.53. The molecule has 0 saturated carbocycles. The second kappa shape index (κ2) is 5.85. The number of aromatic nitrogens is 1. The quantitative estimate of drug-likeness (QED) is 0.755. The predicted molar refractivity (Wildman–Crippen MR) is 69.7 cm³/mol. The van der Waals surface area contributed by atoms with E-state index < -0.39 is 5.41 Å². The van der Waals surface area contributed by atoms with Crippen LogP contribution in [0, 0.1) is 0 Å². The zero-order valence-corrected chi connectivity index (χ0v) is 11.7. The lowest BCUT2D eigenvalue weighted by Crippen LogP contribution is -2.31. The van der Waals surface area contributed by atoms with Crippen molar-refractivity contribution < 1.29 is 14.3 Å². The molecule has 0 aliphatic heterocycles. The van der Waals surface area contributed by atoms with Gasteiger partial charge in [-0.15, -0.1) is 0 Å². The van der Waals surface area contributed by atoms with Gasteiger partial charge in [0.25, 0.3) is 0 Å². The summed E-state index contributed by atoms with van der Waals surface area (Å²) in [4.78, 5) is 16.0. The Bertz CT molecular complexity index is 413. The molecule has 18 heavy (non-hydrogen) atoms. The average Bonchev–Trinajstić information content (AvgIpc) is 2.28. The molecule has 4 heteroatoms. The van der Waals surface area contributed by atoms with Crippen molar-refractivity contribution in [3.8, 4) is 5.75 Å². The van der Waals surface area contributed by atoms with E-state index in [1.54, 1.807) is 19.3 Å². The van der Waals surface area contributed by atoms with Crippen LogP contribution in [0.5, 0.6) is 5.75 Å². The van der Waals surface area contributed by atoms with Crippen LogP contribution in [0.3, 0.4) is 0 Å². The summed E-state index contributed by atoms with van der Waals surface area (Å²) in [6.07, 6.45) is 3.39. The summed E-state index contributed by atoms with van der Waals surface area (Å²) >= 11 is 0.